The zero-order chi connectivity index (χ0) is 13.0. The van der Waals surface area contributed by atoms with Gasteiger partial charge in [0.1, 0.15) is 0 Å². The molecule has 100 valence electrons. The van der Waals surface area contributed by atoms with E-state index in [1.165, 1.54) is 0 Å². The van der Waals surface area contributed by atoms with Crippen molar-refractivity contribution in [3.63, 3.8) is 0 Å². The van der Waals surface area contributed by atoms with Crippen molar-refractivity contribution in [2.24, 2.45) is 23.2 Å². The molecular formula is C14H21NO3. The third-order valence-electron chi connectivity index (χ3n) is 4.75. The van der Waals surface area contributed by atoms with E-state index in [0.717, 1.165) is 19.3 Å². The third kappa shape index (κ3) is 1.85. The Kier molecular flexibility index (Phi) is 2.71. The van der Waals surface area contributed by atoms with Crippen molar-refractivity contribution in [3.05, 3.63) is 0 Å². The van der Waals surface area contributed by atoms with Crippen LogP contribution in [0.5, 0.6) is 0 Å². The minimum Gasteiger partial charge on any atom is -0.392 e. The van der Waals surface area contributed by atoms with Gasteiger partial charge in [-0.2, -0.15) is 5.26 Å². The average molecular weight is 251 g/mol. The highest BCUT2D eigenvalue weighted by molar-refractivity contribution is 5.08. The molecule has 0 radical (unpaired) electrons. The summed E-state index contributed by atoms with van der Waals surface area (Å²) in [6.45, 7) is 5.70. The molecule has 1 spiro atoms. The maximum atomic E-state index is 9.86. The summed E-state index contributed by atoms with van der Waals surface area (Å²) in [5.41, 5.74) is 0.0805. The summed E-state index contributed by atoms with van der Waals surface area (Å²) >= 11 is 0. The van der Waals surface area contributed by atoms with Crippen molar-refractivity contribution in [2.45, 2.75) is 45.0 Å². The van der Waals surface area contributed by atoms with Crippen LogP contribution in [-0.2, 0) is 9.47 Å². The molecule has 0 aromatic carbocycles. The molecule has 0 aromatic heterocycles. The van der Waals surface area contributed by atoms with E-state index in [4.69, 9.17) is 14.7 Å². The molecular weight excluding hydrogens is 230 g/mol. The number of nitrogens with zero attached hydrogens (tertiary/aromatic N) is 1. The first-order chi connectivity index (χ1) is 8.45. The zero-order valence-electron chi connectivity index (χ0n) is 11.1. The lowest BCUT2D eigenvalue weighted by molar-refractivity contribution is -0.298. The summed E-state index contributed by atoms with van der Waals surface area (Å²) in [6, 6.07) is 2.26. The quantitative estimate of drug-likeness (QED) is 0.711. The van der Waals surface area contributed by atoms with Crippen molar-refractivity contribution in [1.82, 2.24) is 0 Å². The first-order valence-electron chi connectivity index (χ1n) is 6.80. The highest BCUT2D eigenvalue weighted by Crippen LogP contribution is 2.54. The van der Waals surface area contributed by atoms with Gasteiger partial charge in [-0.25, -0.2) is 0 Å². The van der Waals surface area contributed by atoms with Gasteiger partial charge in [-0.1, -0.05) is 13.8 Å². The molecule has 18 heavy (non-hydrogen) atoms. The number of ether oxygens (including phenoxy) is 2. The molecule has 2 saturated carbocycles. The van der Waals surface area contributed by atoms with E-state index in [2.05, 4.69) is 19.9 Å². The molecule has 3 aliphatic rings. The second-order valence-corrected chi connectivity index (χ2v) is 6.94. The molecule has 0 amide bonds. The standard InChI is InChI=1S/C14H21NO3/c1-13(2)7-17-14(18-8-13)4-9-3-12(16)11(6-15)10(9)5-14/h9-12,16H,3-5,7-8H2,1-2H3/t9-,10+,11+,12-/m1/s1. The Labute approximate surface area is 108 Å². The molecule has 3 fully saturated rings. The molecule has 0 unspecified atom stereocenters. The number of fused-ring (bicyclic) bond motifs is 1. The van der Waals surface area contributed by atoms with E-state index in [1.807, 2.05) is 0 Å². The lowest BCUT2D eigenvalue weighted by Gasteiger charge is -2.42. The van der Waals surface area contributed by atoms with Crippen LogP contribution >= 0.6 is 0 Å². The lowest BCUT2D eigenvalue weighted by atomic mass is 9.91. The van der Waals surface area contributed by atoms with E-state index >= 15 is 0 Å². The van der Waals surface area contributed by atoms with Gasteiger partial charge in [0.05, 0.1) is 31.3 Å². The normalized spacial score (nSPS) is 44.8. The molecule has 4 atom stereocenters. The van der Waals surface area contributed by atoms with Crippen LogP contribution in [0.25, 0.3) is 0 Å². The van der Waals surface area contributed by atoms with Crippen LogP contribution in [0.15, 0.2) is 0 Å². The van der Waals surface area contributed by atoms with Crippen molar-refractivity contribution < 1.29 is 14.6 Å². The second kappa shape index (κ2) is 3.93. The van der Waals surface area contributed by atoms with Gasteiger partial charge < -0.3 is 14.6 Å². The van der Waals surface area contributed by atoms with Gasteiger partial charge in [0.15, 0.2) is 5.79 Å². The van der Waals surface area contributed by atoms with Gasteiger partial charge >= 0.3 is 0 Å². The maximum absolute atomic E-state index is 9.86. The van der Waals surface area contributed by atoms with E-state index in [-0.39, 0.29) is 17.3 Å². The Morgan fingerprint density at radius 2 is 1.89 bits per heavy atom. The fourth-order valence-corrected chi connectivity index (χ4v) is 3.74. The van der Waals surface area contributed by atoms with E-state index < -0.39 is 11.9 Å². The van der Waals surface area contributed by atoms with Gasteiger partial charge in [-0.05, 0) is 18.3 Å². The van der Waals surface area contributed by atoms with Gasteiger partial charge in [0.25, 0.3) is 0 Å². The SMILES string of the molecule is CC1(C)COC2(C[C@H]3C[C@@H](O)[C@@H](C#N)[C@H]3C2)OC1. The molecule has 4 heteroatoms. The number of rotatable bonds is 0. The molecule has 1 aliphatic heterocycles. The Balaban J connectivity index is 1.72. The smallest absolute Gasteiger partial charge is 0.168 e. The second-order valence-electron chi connectivity index (χ2n) is 6.94. The Morgan fingerprint density at radius 3 is 2.50 bits per heavy atom. The minimum absolute atomic E-state index is 0.0805. The first kappa shape index (κ1) is 12.4. The van der Waals surface area contributed by atoms with Gasteiger partial charge in [-0.15, -0.1) is 0 Å². The van der Waals surface area contributed by atoms with Gasteiger partial charge in [-0.3, -0.25) is 0 Å². The monoisotopic (exact) mass is 251 g/mol. The van der Waals surface area contributed by atoms with E-state index in [1.54, 1.807) is 0 Å². The Morgan fingerprint density at radius 1 is 1.22 bits per heavy atom. The summed E-state index contributed by atoms with van der Waals surface area (Å²) < 4.78 is 12.0. The number of nitriles is 1. The predicted octanol–water partition coefficient (Wildman–Crippen LogP) is 1.69. The lowest BCUT2D eigenvalue weighted by Crippen LogP contribution is -2.46. The van der Waals surface area contributed by atoms with Crippen LogP contribution in [0.3, 0.4) is 0 Å². The summed E-state index contributed by atoms with van der Waals surface area (Å²) in [7, 11) is 0. The maximum Gasteiger partial charge on any atom is 0.168 e. The van der Waals surface area contributed by atoms with Crippen LogP contribution < -0.4 is 0 Å². The summed E-state index contributed by atoms with van der Waals surface area (Å²) in [5.74, 6) is -0.0892. The molecule has 4 nitrogen and oxygen atoms in total. The van der Waals surface area contributed by atoms with Crippen LogP contribution in [0, 0.1) is 34.5 Å². The highest BCUT2D eigenvalue weighted by Gasteiger charge is 2.57. The summed E-state index contributed by atoms with van der Waals surface area (Å²) in [6.07, 6.45) is 1.87. The molecule has 3 rings (SSSR count). The average Bonchev–Trinajstić information content (AvgIpc) is 2.77. The number of hydrogen-bond donors (Lipinski definition) is 1. The third-order valence-corrected chi connectivity index (χ3v) is 4.75. The Hall–Kier alpha value is -0.630. The molecule has 1 saturated heterocycles. The fourth-order valence-electron chi connectivity index (χ4n) is 3.74. The number of aliphatic hydroxyl groups excluding tert-OH is 1. The molecule has 1 N–H and O–H groups in total. The van der Waals surface area contributed by atoms with Gasteiger partial charge in [0.2, 0.25) is 0 Å². The molecule has 1 heterocycles. The first-order valence-corrected chi connectivity index (χ1v) is 6.80. The number of hydrogen-bond acceptors (Lipinski definition) is 4. The fraction of sp³-hybridized carbons (Fsp3) is 0.929. The highest BCUT2D eigenvalue weighted by atomic mass is 16.7. The summed E-state index contributed by atoms with van der Waals surface area (Å²) in [5, 5.41) is 19.0. The predicted molar refractivity (Wildman–Crippen MR) is 64.4 cm³/mol. The largest absolute Gasteiger partial charge is 0.392 e. The molecule has 2 aliphatic carbocycles. The van der Waals surface area contributed by atoms with Crippen LogP contribution in [0.1, 0.15) is 33.1 Å². The van der Waals surface area contributed by atoms with Crippen LogP contribution in [-0.4, -0.2) is 30.2 Å². The number of aliphatic hydroxyl groups is 1. The summed E-state index contributed by atoms with van der Waals surface area (Å²) in [4.78, 5) is 0. The van der Waals surface area contributed by atoms with E-state index in [0.29, 0.717) is 19.1 Å². The van der Waals surface area contributed by atoms with Crippen LogP contribution in [0.4, 0.5) is 0 Å². The van der Waals surface area contributed by atoms with Crippen molar-refractivity contribution in [2.75, 3.05) is 13.2 Å². The van der Waals surface area contributed by atoms with Crippen LogP contribution in [0.2, 0.25) is 0 Å². The topological polar surface area (TPSA) is 62.5 Å². The van der Waals surface area contributed by atoms with Gasteiger partial charge in [0, 0.05) is 18.3 Å². The molecule has 0 aromatic rings. The van der Waals surface area contributed by atoms with Crippen molar-refractivity contribution >= 4 is 0 Å². The minimum atomic E-state index is -0.472. The Bertz CT molecular complexity index is 377. The zero-order valence-corrected chi connectivity index (χ0v) is 11.1. The van der Waals surface area contributed by atoms with E-state index in [9.17, 15) is 5.11 Å². The van der Waals surface area contributed by atoms with Crippen molar-refractivity contribution in [1.29, 1.82) is 5.26 Å². The molecule has 0 bridgehead atoms. The van der Waals surface area contributed by atoms with Crippen molar-refractivity contribution in [3.8, 4) is 6.07 Å².